The predicted molar refractivity (Wildman–Crippen MR) is 62.9 cm³/mol. The Morgan fingerprint density at radius 1 is 1.62 bits per heavy atom. The zero-order valence-electron chi connectivity index (χ0n) is 10.0. The molecule has 2 atom stereocenters. The van der Waals surface area contributed by atoms with Gasteiger partial charge in [-0.25, -0.2) is 0 Å². The molecule has 0 spiro atoms. The second-order valence-electron chi connectivity index (χ2n) is 4.33. The molecule has 94 valence electrons. The Hall–Kier alpha value is -0.650. The normalized spacial score (nSPS) is 22.6. The van der Waals surface area contributed by atoms with Crippen LogP contribution in [0.15, 0.2) is 0 Å². The number of ether oxygens (including phenoxy) is 1. The van der Waals surface area contributed by atoms with E-state index in [0.29, 0.717) is 12.5 Å². The lowest BCUT2D eigenvalue weighted by Gasteiger charge is -2.24. The summed E-state index contributed by atoms with van der Waals surface area (Å²) >= 11 is 0. The van der Waals surface area contributed by atoms with Crippen LogP contribution in [-0.4, -0.2) is 49.2 Å². The molecule has 5 nitrogen and oxygen atoms in total. The third-order valence-electron chi connectivity index (χ3n) is 3.05. The van der Waals surface area contributed by atoms with E-state index in [1.165, 1.54) is 0 Å². The summed E-state index contributed by atoms with van der Waals surface area (Å²) in [4.78, 5) is 13.1. The van der Waals surface area contributed by atoms with Crippen molar-refractivity contribution in [2.24, 2.45) is 11.5 Å². The van der Waals surface area contributed by atoms with E-state index in [2.05, 4.69) is 11.8 Å². The maximum absolute atomic E-state index is 10.8. The molecule has 1 saturated heterocycles. The van der Waals surface area contributed by atoms with Crippen molar-refractivity contribution in [1.82, 2.24) is 4.90 Å². The highest BCUT2D eigenvalue weighted by molar-refractivity contribution is 5.79. The average Bonchev–Trinajstić information content (AvgIpc) is 2.76. The van der Waals surface area contributed by atoms with Crippen molar-refractivity contribution in [2.75, 3.05) is 26.2 Å². The highest BCUT2D eigenvalue weighted by atomic mass is 16.5. The van der Waals surface area contributed by atoms with Crippen molar-refractivity contribution in [3.05, 3.63) is 0 Å². The largest absolute Gasteiger partial charge is 0.377 e. The maximum Gasteiger partial charge on any atom is 0.234 e. The van der Waals surface area contributed by atoms with E-state index >= 15 is 0 Å². The van der Waals surface area contributed by atoms with Crippen molar-refractivity contribution in [2.45, 2.75) is 38.3 Å². The SMILES string of the molecule is CCN(CCC(N)C(N)=O)CC1CCCO1. The number of amides is 1. The number of nitrogens with two attached hydrogens (primary N) is 2. The smallest absolute Gasteiger partial charge is 0.234 e. The van der Waals surface area contributed by atoms with Crippen LogP contribution >= 0.6 is 0 Å². The Morgan fingerprint density at radius 2 is 2.38 bits per heavy atom. The summed E-state index contributed by atoms with van der Waals surface area (Å²) in [5.74, 6) is -0.423. The number of likely N-dealkylation sites (N-methyl/N-ethyl adjacent to an activating group) is 1. The molecule has 0 radical (unpaired) electrons. The molecule has 1 rings (SSSR count). The van der Waals surface area contributed by atoms with E-state index in [4.69, 9.17) is 16.2 Å². The van der Waals surface area contributed by atoms with Crippen LogP contribution < -0.4 is 11.5 Å². The lowest BCUT2D eigenvalue weighted by molar-refractivity contribution is -0.119. The monoisotopic (exact) mass is 229 g/mol. The zero-order chi connectivity index (χ0) is 12.0. The highest BCUT2D eigenvalue weighted by Crippen LogP contribution is 2.13. The summed E-state index contributed by atoms with van der Waals surface area (Å²) < 4.78 is 5.57. The molecule has 4 N–H and O–H groups in total. The zero-order valence-corrected chi connectivity index (χ0v) is 10.0. The van der Waals surface area contributed by atoms with Gasteiger partial charge in [-0.15, -0.1) is 0 Å². The van der Waals surface area contributed by atoms with E-state index in [9.17, 15) is 4.79 Å². The Morgan fingerprint density at radius 3 is 2.88 bits per heavy atom. The van der Waals surface area contributed by atoms with Gasteiger partial charge < -0.3 is 21.1 Å². The molecule has 1 amide bonds. The fourth-order valence-corrected chi connectivity index (χ4v) is 1.92. The fourth-order valence-electron chi connectivity index (χ4n) is 1.92. The molecule has 0 aromatic heterocycles. The van der Waals surface area contributed by atoms with Crippen LogP contribution in [0.3, 0.4) is 0 Å². The lowest BCUT2D eigenvalue weighted by Crippen LogP contribution is -2.41. The van der Waals surface area contributed by atoms with Crippen molar-refractivity contribution in [3.8, 4) is 0 Å². The number of carbonyl (C=O) groups excluding carboxylic acids is 1. The van der Waals surface area contributed by atoms with Gasteiger partial charge in [0.15, 0.2) is 0 Å². The van der Waals surface area contributed by atoms with Crippen LogP contribution in [0.25, 0.3) is 0 Å². The van der Waals surface area contributed by atoms with Gasteiger partial charge in [-0.05, 0) is 25.8 Å². The molecule has 1 fully saturated rings. The quantitative estimate of drug-likeness (QED) is 0.627. The molecule has 16 heavy (non-hydrogen) atoms. The van der Waals surface area contributed by atoms with Gasteiger partial charge in [0.05, 0.1) is 12.1 Å². The number of rotatable bonds is 7. The molecule has 5 heteroatoms. The standard InChI is InChI=1S/C11H23N3O2/c1-2-14(6-5-10(12)11(13)15)8-9-4-3-7-16-9/h9-10H,2-8,12H2,1H3,(H2,13,15). The van der Waals surface area contributed by atoms with E-state index in [1.54, 1.807) is 0 Å². The molecule has 0 aromatic rings. The van der Waals surface area contributed by atoms with Crippen LogP contribution in [-0.2, 0) is 9.53 Å². The minimum absolute atomic E-state index is 0.352. The summed E-state index contributed by atoms with van der Waals surface area (Å²) in [7, 11) is 0. The molecule has 1 aliphatic heterocycles. The summed E-state index contributed by atoms with van der Waals surface area (Å²) in [6.07, 6.45) is 3.27. The summed E-state index contributed by atoms with van der Waals surface area (Å²) in [5, 5.41) is 0. The molecule has 0 aliphatic carbocycles. The Bertz CT molecular complexity index is 217. The van der Waals surface area contributed by atoms with Gasteiger partial charge >= 0.3 is 0 Å². The minimum Gasteiger partial charge on any atom is -0.377 e. The average molecular weight is 229 g/mol. The Balaban J connectivity index is 2.22. The molecule has 0 saturated carbocycles. The number of primary amides is 1. The van der Waals surface area contributed by atoms with Gasteiger partial charge in [0.2, 0.25) is 5.91 Å². The number of carbonyl (C=O) groups is 1. The number of hydrogen-bond acceptors (Lipinski definition) is 4. The highest BCUT2D eigenvalue weighted by Gasteiger charge is 2.19. The summed E-state index contributed by atoms with van der Waals surface area (Å²) in [5.41, 5.74) is 10.7. The van der Waals surface area contributed by atoms with Crippen molar-refractivity contribution < 1.29 is 9.53 Å². The van der Waals surface area contributed by atoms with E-state index < -0.39 is 11.9 Å². The van der Waals surface area contributed by atoms with E-state index in [1.807, 2.05) is 0 Å². The van der Waals surface area contributed by atoms with Gasteiger partial charge in [-0.2, -0.15) is 0 Å². The fraction of sp³-hybridized carbons (Fsp3) is 0.909. The minimum atomic E-state index is -0.529. The van der Waals surface area contributed by atoms with Crippen molar-refractivity contribution in [3.63, 3.8) is 0 Å². The predicted octanol–water partition coefficient (Wildman–Crippen LogP) is -0.310. The molecule has 1 aliphatic rings. The van der Waals surface area contributed by atoms with Crippen LogP contribution in [0.4, 0.5) is 0 Å². The van der Waals surface area contributed by atoms with Gasteiger partial charge in [-0.3, -0.25) is 4.79 Å². The first-order chi connectivity index (χ1) is 7.63. The summed E-state index contributed by atoms with van der Waals surface area (Å²) in [6, 6.07) is -0.529. The molecular formula is C11H23N3O2. The third kappa shape index (κ3) is 4.47. The van der Waals surface area contributed by atoms with Crippen LogP contribution in [0, 0.1) is 0 Å². The first-order valence-electron chi connectivity index (χ1n) is 6.02. The second kappa shape index (κ2) is 6.83. The van der Waals surface area contributed by atoms with Crippen molar-refractivity contribution >= 4 is 5.91 Å². The van der Waals surface area contributed by atoms with Gasteiger partial charge in [0.25, 0.3) is 0 Å². The molecular weight excluding hydrogens is 206 g/mol. The Kier molecular flexibility index (Phi) is 5.73. The van der Waals surface area contributed by atoms with E-state index in [0.717, 1.165) is 39.1 Å². The van der Waals surface area contributed by atoms with Crippen LogP contribution in [0.2, 0.25) is 0 Å². The number of nitrogens with zero attached hydrogens (tertiary/aromatic N) is 1. The third-order valence-corrected chi connectivity index (χ3v) is 3.05. The van der Waals surface area contributed by atoms with Crippen LogP contribution in [0.1, 0.15) is 26.2 Å². The Labute approximate surface area is 97.1 Å². The lowest BCUT2D eigenvalue weighted by atomic mass is 10.2. The number of hydrogen-bond donors (Lipinski definition) is 2. The van der Waals surface area contributed by atoms with Gasteiger partial charge in [0.1, 0.15) is 0 Å². The first-order valence-corrected chi connectivity index (χ1v) is 6.02. The maximum atomic E-state index is 10.8. The van der Waals surface area contributed by atoms with Crippen molar-refractivity contribution in [1.29, 1.82) is 0 Å². The first kappa shape index (κ1) is 13.4. The summed E-state index contributed by atoms with van der Waals surface area (Å²) in [6.45, 7) is 5.67. The van der Waals surface area contributed by atoms with Gasteiger partial charge in [0, 0.05) is 19.7 Å². The molecule has 2 unspecified atom stereocenters. The second-order valence-corrected chi connectivity index (χ2v) is 4.33. The topological polar surface area (TPSA) is 81.6 Å². The van der Waals surface area contributed by atoms with Crippen LogP contribution in [0.5, 0.6) is 0 Å². The molecule has 1 heterocycles. The van der Waals surface area contributed by atoms with E-state index in [-0.39, 0.29) is 0 Å². The molecule has 0 bridgehead atoms. The molecule has 0 aromatic carbocycles. The van der Waals surface area contributed by atoms with Gasteiger partial charge in [-0.1, -0.05) is 6.92 Å².